The van der Waals surface area contributed by atoms with E-state index in [0.717, 1.165) is 44.9 Å². The second-order valence-corrected chi connectivity index (χ2v) is 9.01. The van der Waals surface area contributed by atoms with Gasteiger partial charge >= 0.3 is 0 Å². The van der Waals surface area contributed by atoms with Crippen molar-refractivity contribution in [2.75, 3.05) is 18.2 Å². The van der Waals surface area contributed by atoms with Crippen LogP contribution in [0.15, 0.2) is 83.9 Å². The molecular weight excluding hydrogens is 454 g/mol. The molecule has 5 nitrogen and oxygen atoms in total. The number of ether oxygens (including phenoxy) is 1. The number of carbonyl (C=O) groups excluding carboxylic acids is 1. The largest absolute Gasteiger partial charge is 0.497 e. The first kappa shape index (κ1) is 24.1. The normalized spacial score (nSPS) is 10.5. The Morgan fingerprint density at radius 2 is 1.66 bits per heavy atom. The number of nitrogens with zero attached hydrogens (tertiary/aromatic N) is 2. The van der Waals surface area contributed by atoms with Gasteiger partial charge < -0.3 is 10.1 Å². The summed E-state index contributed by atoms with van der Waals surface area (Å²) in [4.78, 5) is 17.6. The zero-order valence-corrected chi connectivity index (χ0v) is 20.6. The maximum absolute atomic E-state index is 12.8. The maximum atomic E-state index is 12.8. The molecule has 174 valence electrons. The summed E-state index contributed by atoms with van der Waals surface area (Å²) in [6.07, 6.45) is 0. The van der Waals surface area contributed by atoms with Crippen LogP contribution < -0.4 is 10.1 Å². The topological polar surface area (TPSA) is 75.0 Å². The van der Waals surface area contributed by atoms with Crippen LogP contribution in [-0.4, -0.2) is 23.8 Å². The van der Waals surface area contributed by atoms with E-state index >= 15 is 0 Å². The van der Waals surface area contributed by atoms with Crippen LogP contribution in [0.3, 0.4) is 0 Å². The highest BCUT2D eigenvalue weighted by Gasteiger charge is 2.17. The van der Waals surface area contributed by atoms with E-state index in [2.05, 4.69) is 11.4 Å². The number of pyridine rings is 1. The summed E-state index contributed by atoms with van der Waals surface area (Å²) < 4.78 is 5.28. The molecule has 0 saturated carbocycles. The number of anilines is 1. The quantitative estimate of drug-likeness (QED) is 0.301. The number of methoxy groups -OCH3 is 1. The number of amides is 1. The number of benzene rings is 3. The van der Waals surface area contributed by atoms with Crippen LogP contribution in [0.5, 0.6) is 5.75 Å². The van der Waals surface area contributed by atoms with Crippen molar-refractivity contribution in [3.8, 4) is 34.2 Å². The molecule has 0 atom stereocenters. The highest BCUT2D eigenvalue weighted by atomic mass is 32.2. The minimum Gasteiger partial charge on any atom is -0.497 e. The molecule has 1 amide bonds. The van der Waals surface area contributed by atoms with E-state index < -0.39 is 0 Å². The van der Waals surface area contributed by atoms with Crippen LogP contribution in [0, 0.1) is 25.2 Å². The zero-order chi connectivity index (χ0) is 24.8. The number of hydrogen-bond donors (Lipinski definition) is 1. The minimum absolute atomic E-state index is 0.135. The summed E-state index contributed by atoms with van der Waals surface area (Å²) in [6.45, 7) is 3.94. The number of rotatable bonds is 7. The van der Waals surface area contributed by atoms with Gasteiger partial charge in [-0.15, -0.1) is 0 Å². The lowest BCUT2D eigenvalue weighted by Gasteiger charge is -2.14. The van der Waals surface area contributed by atoms with Gasteiger partial charge in [0.2, 0.25) is 5.91 Å². The van der Waals surface area contributed by atoms with Gasteiger partial charge in [-0.1, -0.05) is 60.3 Å². The second kappa shape index (κ2) is 10.9. The fourth-order valence-electron chi connectivity index (χ4n) is 3.81. The van der Waals surface area contributed by atoms with Crippen molar-refractivity contribution in [1.82, 2.24) is 4.98 Å². The SMILES string of the molecule is COc1ccc(-c2cc(-c3ccccc3)c(C#N)c(SCC(=O)Nc3c(C)cccc3C)n2)cc1. The molecule has 4 rings (SSSR count). The molecule has 6 heteroatoms. The average Bonchev–Trinajstić information content (AvgIpc) is 2.89. The molecule has 0 spiro atoms. The summed E-state index contributed by atoms with van der Waals surface area (Å²) >= 11 is 1.27. The van der Waals surface area contributed by atoms with Crippen LogP contribution in [0.2, 0.25) is 0 Å². The Labute approximate surface area is 209 Å². The Balaban J connectivity index is 1.69. The van der Waals surface area contributed by atoms with Gasteiger partial charge in [-0.2, -0.15) is 5.26 Å². The van der Waals surface area contributed by atoms with E-state index in [1.165, 1.54) is 11.8 Å². The fraction of sp³-hybridized carbons (Fsp3) is 0.138. The van der Waals surface area contributed by atoms with Crippen molar-refractivity contribution in [3.05, 3.63) is 95.6 Å². The third-order valence-corrected chi connectivity index (χ3v) is 6.63. The van der Waals surface area contributed by atoms with Crippen molar-refractivity contribution in [2.45, 2.75) is 18.9 Å². The lowest BCUT2D eigenvalue weighted by atomic mass is 9.99. The zero-order valence-electron chi connectivity index (χ0n) is 19.8. The van der Waals surface area contributed by atoms with Gasteiger partial charge in [0.05, 0.1) is 24.1 Å². The molecule has 0 saturated heterocycles. The van der Waals surface area contributed by atoms with Gasteiger partial charge in [-0.05, 0) is 60.9 Å². The summed E-state index contributed by atoms with van der Waals surface area (Å²) in [5, 5.41) is 13.6. The van der Waals surface area contributed by atoms with E-state index in [1.54, 1.807) is 7.11 Å². The molecule has 1 N–H and O–H groups in total. The third kappa shape index (κ3) is 5.53. The molecule has 3 aromatic carbocycles. The van der Waals surface area contributed by atoms with Crippen molar-refractivity contribution >= 4 is 23.4 Å². The van der Waals surface area contributed by atoms with Crippen LogP contribution in [-0.2, 0) is 4.79 Å². The second-order valence-electron chi connectivity index (χ2n) is 8.05. The number of carbonyl (C=O) groups is 1. The molecule has 35 heavy (non-hydrogen) atoms. The molecule has 0 fully saturated rings. The number of aromatic nitrogens is 1. The molecule has 0 aliphatic heterocycles. The molecule has 1 heterocycles. The van der Waals surface area contributed by atoms with E-state index in [1.807, 2.05) is 92.7 Å². The lowest BCUT2D eigenvalue weighted by Crippen LogP contribution is -2.16. The van der Waals surface area contributed by atoms with Crippen LogP contribution in [0.4, 0.5) is 5.69 Å². The van der Waals surface area contributed by atoms with E-state index in [-0.39, 0.29) is 11.7 Å². The van der Waals surface area contributed by atoms with Crippen molar-refractivity contribution in [1.29, 1.82) is 5.26 Å². The molecular formula is C29H25N3O2S. The number of nitrogens with one attached hydrogen (secondary N) is 1. The number of hydrogen-bond acceptors (Lipinski definition) is 5. The Kier molecular flexibility index (Phi) is 7.49. The van der Waals surface area contributed by atoms with Gasteiger partial charge in [-0.25, -0.2) is 4.98 Å². The molecule has 0 aliphatic carbocycles. The van der Waals surface area contributed by atoms with Crippen molar-refractivity contribution in [3.63, 3.8) is 0 Å². The standard InChI is InChI=1S/C29H25N3O2S/c1-19-8-7-9-20(2)28(19)32-27(33)18-35-29-25(17-30)24(21-10-5-4-6-11-21)16-26(31-29)22-12-14-23(34-3)15-13-22/h4-16H,18H2,1-3H3,(H,32,33). The predicted octanol–water partition coefficient (Wildman–Crippen LogP) is 6.64. The molecule has 0 bridgehead atoms. The van der Waals surface area contributed by atoms with Crippen LogP contribution in [0.25, 0.3) is 22.4 Å². The van der Waals surface area contributed by atoms with E-state index in [0.29, 0.717) is 10.6 Å². The first-order valence-electron chi connectivity index (χ1n) is 11.1. The van der Waals surface area contributed by atoms with Gasteiger partial charge in [0.1, 0.15) is 16.8 Å². The van der Waals surface area contributed by atoms with Crippen molar-refractivity contribution in [2.24, 2.45) is 0 Å². The average molecular weight is 480 g/mol. The monoisotopic (exact) mass is 479 g/mol. The highest BCUT2D eigenvalue weighted by Crippen LogP contribution is 2.34. The van der Waals surface area contributed by atoms with Gasteiger partial charge in [0, 0.05) is 16.8 Å². The van der Waals surface area contributed by atoms with E-state index in [9.17, 15) is 10.1 Å². The van der Waals surface area contributed by atoms with Crippen molar-refractivity contribution < 1.29 is 9.53 Å². The Hall–Kier alpha value is -4.08. The molecule has 0 aliphatic rings. The van der Waals surface area contributed by atoms with Crippen LogP contribution >= 0.6 is 11.8 Å². The van der Waals surface area contributed by atoms with Crippen LogP contribution in [0.1, 0.15) is 16.7 Å². The molecule has 0 unspecified atom stereocenters. The fourth-order valence-corrected chi connectivity index (χ4v) is 4.61. The number of para-hydroxylation sites is 1. The predicted molar refractivity (Wildman–Crippen MR) is 142 cm³/mol. The summed E-state index contributed by atoms with van der Waals surface area (Å²) in [5.41, 5.74) is 6.62. The summed E-state index contributed by atoms with van der Waals surface area (Å²) in [5.74, 6) is 0.744. The third-order valence-electron chi connectivity index (χ3n) is 5.65. The minimum atomic E-state index is -0.144. The Bertz CT molecular complexity index is 1370. The smallest absolute Gasteiger partial charge is 0.234 e. The lowest BCUT2D eigenvalue weighted by molar-refractivity contribution is -0.113. The molecule has 1 aromatic heterocycles. The first-order chi connectivity index (χ1) is 17.0. The number of aryl methyl sites for hydroxylation is 2. The van der Waals surface area contributed by atoms with E-state index in [4.69, 9.17) is 9.72 Å². The molecule has 0 radical (unpaired) electrons. The highest BCUT2D eigenvalue weighted by molar-refractivity contribution is 8.00. The maximum Gasteiger partial charge on any atom is 0.234 e. The van der Waals surface area contributed by atoms with Gasteiger partial charge in [0.15, 0.2) is 0 Å². The number of nitriles is 1. The summed E-state index contributed by atoms with van der Waals surface area (Å²) in [7, 11) is 1.63. The van der Waals surface area contributed by atoms with Gasteiger partial charge in [-0.3, -0.25) is 4.79 Å². The Morgan fingerprint density at radius 1 is 0.971 bits per heavy atom. The summed E-state index contributed by atoms with van der Waals surface area (Å²) in [6, 6.07) is 27.5. The van der Waals surface area contributed by atoms with Gasteiger partial charge in [0.25, 0.3) is 0 Å². The number of thioether (sulfide) groups is 1. The Morgan fingerprint density at radius 3 is 2.29 bits per heavy atom. The molecule has 4 aromatic rings. The first-order valence-corrected chi connectivity index (χ1v) is 12.1.